The van der Waals surface area contributed by atoms with E-state index in [2.05, 4.69) is 15.8 Å². The molecule has 3 aromatic carbocycles. The third-order valence-corrected chi connectivity index (χ3v) is 4.91. The molecule has 0 saturated heterocycles. The number of hydrogen-bond acceptors (Lipinski definition) is 4. The largest absolute Gasteiger partial charge is 0.488 e. The Labute approximate surface area is 185 Å². The van der Waals surface area contributed by atoms with Crippen LogP contribution in [0.3, 0.4) is 0 Å². The maximum Gasteiger partial charge on any atom is 0.329 e. The van der Waals surface area contributed by atoms with E-state index in [0.717, 1.165) is 16.7 Å². The van der Waals surface area contributed by atoms with E-state index in [1.807, 2.05) is 50.2 Å². The van der Waals surface area contributed by atoms with Crippen LogP contribution in [0.15, 0.2) is 71.8 Å². The molecule has 0 saturated carbocycles. The van der Waals surface area contributed by atoms with Gasteiger partial charge in [0.2, 0.25) is 0 Å². The molecule has 0 aromatic heterocycles. The summed E-state index contributed by atoms with van der Waals surface area (Å²) in [5.74, 6) is -1.06. The molecular formula is C24H22ClN3O3. The van der Waals surface area contributed by atoms with E-state index in [1.165, 1.54) is 6.21 Å². The summed E-state index contributed by atoms with van der Waals surface area (Å²) in [5.41, 5.74) is 6.37. The Kier molecular flexibility index (Phi) is 7.40. The standard InChI is InChI=1S/C24H22ClN3O3/c1-16-6-5-8-21(17(16)2)27-23(29)24(30)28-26-14-19-7-3-4-9-22(19)31-15-18-10-12-20(25)13-11-18/h3-14H,15H2,1-2H3,(H,27,29)(H,28,30)/b26-14-. The number of ether oxygens (including phenoxy) is 1. The summed E-state index contributed by atoms with van der Waals surface area (Å²) in [6, 6.07) is 20.1. The van der Waals surface area contributed by atoms with Gasteiger partial charge in [-0.25, -0.2) is 5.43 Å². The zero-order valence-corrected chi connectivity index (χ0v) is 17.9. The lowest BCUT2D eigenvalue weighted by Crippen LogP contribution is -2.32. The molecule has 0 aliphatic carbocycles. The fourth-order valence-corrected chi connectivity index (χ4v) is 2.86. The number of aryl methyl sites for hydroxylation is 1. The van der Waals surface area contributed by atoms with Crippen LogP contribution in [0.1, 0.15) is 22.3 Å². The summed E-state index contributed by atoms with van der Waals surface area (Å²) in [4.78, 5) is 24.2. The number of amides is 2. The number of halogens is 1. The predicted octanol–water partition coefficient (Wildman–Crippen LogP) is 4.62. The van der Waals surface area contributed by atoms with Gasteiger partial charge in [-0.2, -0.15) is 5.10 Å². The molecule has 0 radical (unpaired) electrons. The van der Waals surface area contributed by atoms with E-state index < -0.39 is 11.8 Å². The molecule has 0 fully saturated rings. The van der Waals surface area contributed by atoms with Crippen molar-refractivity contribution in [3.63, 3.8) is 0 Å². The van der Waals surface area contributed by atoms with E-state index in [4.69, 9.17) is 16.3 Å². The number of hydrazone groups is 1. The molecule has 0 spiro atoms. The van der Waals surface area contributed by atoms with Crippen molar-refractivity contribution in [2.45, 2.75) is 20.5 Å². The maximum absolute atomic E-state index is 12.1. The second kappa shape index (κ2) is 10.4. The molecule has 0 unspecified atom stereocenters. The van der Waals surface area contributed by atoms with Gasteiger partial charge in [0.25, 0.3) is 0 Å². The van der Waals surface area contributed by atoms with Gasteiger partial charge in [0, 0.05) is 16.3 Å². The molecule has 0 bridgehead atoms. The highest BCUT2D eigenvalue weighted by Gasteiger charge is 2.14. The minimum atomic E-state index is -0.864. The Bertz CT molecular complexity index is 1110. The zero-order chi connectivity index (χ0) is 22.2. The van der Waals surface area contributed by atoms with Gasteiger partial charge in [0.15, 0.2) is 0 Å². The van der Waals surface area contributed by atoms with E-state index >= 15 is 0 Å². The number of hydrogen-bond donors (Lipinski definition) is 2. The molecule has 3 rings (SSSR count). The molecule has 0 heterocycles. The van der Waals surface area contributed by atoms with Crippen LogP contribution in [0, 0.1) is 13.8 Å². The monoisotopic (exact) mass is 435 g/mol. The SMILES string of the molecule is Cc1cccc(NC(=O)C(=O)N/N=C\c2ccccc2OCc2ccc(Cl)cc2)c1C. The zero-order valence-electron chi connectivity index (χ0n) is 17.2. The minimum absolute atomic E-state index is 0.354. The summed E-state index contributed by atoms with van der Waals surface area (Å²) in [6.45, 7) is 4.16. The van der Waals surface area contributed by atoms with Gasteiger partial charge < -0.3 is 10.1 Å². The van der Waals surface area contributed by atoms with Crippen molar-refractivity contribution in [2.75, 3.05) is 5.32 Å². The fourth-order valence-electron chi connectivity index (χ4n) is 2.74. The van der Waals surface area contributed by atoms with Crippen molar-refractivity contribution >= 4 is 35.3 Å². The van der Waals surface area contributed by atoms with E-state index in [0.29, 0.717) is 28.6 Å². The lowest BCUT2D eigenvalue weighted by molar-refractivity contribution is -0.136. The van der Waals surface area contributed by atoms with Gasteiger partial charge >= 0.3 is 11.8 Å². The first-order valence-corrected chi connectivity index (χ1v) is 9.98. The molecule has 31 heavy (non-hydrogen) atoms. The molecular weight excluding hydrogens is 414 g/mol. The average Bonchev–Trinajstić information content (AvgIpc) is 2.77. The molecule has 0 aliphatic heterocycles. The normalized spacial score (nSPS) is 10.7. The van der Waals surface area contributed by atoms with Crippen LogP contribution in [-0.4, -0.2) is 18.0 Å². The molecule has 6 nitrogen and oxygen atoms in total. The van der Waals surface area contributed by atoms with Crippen LogP contribution < -0.4 is 15.5 Å². The minimum Gasteiger partial charge on any atom is -0.488 e. The lowest BCUT2D eigenvalue weighted by Gasteiger charge is -2.10. The van der Waals surface area contributed by atoms with Crippen LogP contribution in [0.5, 0.6) is 5.75 Å². The highest BCUT2D eigenvalue weighted by Crippen LogP contribution is 2.19. The van der Waals surface area contributed by atoms with Crippen molar-refractivity contribution in [1.82, 2.24) is 5.43 Å². The van der Waals surface area contributed by atoms with Crippen LogP contribution in [0.2, 0.25) is 5.02 Å². The third kappa shape index (κ3) is 6.17. The van der Waals surface area contributed by atoms with Crippen LogP contribution in [-0.2, 0) is 16.2 Å². The molecule has 7 heteroatoms. The Balaban J connectivity index is 1.58. The Morgan fingerprint density at radius 3 is 2.48 bits per heavy atom. The number of carbonyl (C=O) groups excluding carboxylic acids is 2. The molecule has 0 atom stereocenters. The van der Waals surface area contributed by atoms with Crippen LogP contribution in [0.25, 0.3) is 0 Å². The number of carbonyl (C=O) groups is 2. The Hall–Kier alpha value is -3.64. The number of benzene rings is 3. The first kappa shape index (κ1) is 22.1. The maximum atomic E-state index is 12.1. The smallest absolute Gasteiger partial charge is 0.329 e. The van der Waals surface area contributed by atoms with Crippen molar-refractivity contribution in [1.29, 1.82) is 0 Å². The fraction of sp³-hybridized carbons (Fsp3) is 0.125. The van der Waals surface area contributed by atoms with E-state index in [1.54, 1.807) is 30.3 Å². The van der Waals surface area contributed by atoms with Crippen LogP contribution in [0.4, 0.5) is 5.69 Å². The summed E-state index contributed by atoms with van der Waals surface area (Å²) in [7, 11) is 0. The van der Waals surface area contributed by atoms with Crippen molar-refractivity contribution in [3.05, 3.63) is 94.0 Å². The number of nitrogens with zero attached hydrogens (tertiary/aromatic N) is 1. The van der Waals surface area contributed by atoms with Crippen molar-refractivity contribution in [3.8, 4) is 5.75 Å². The molecule has 158 valence electrons. The molecule has 0 aliphatic rings. The van der Waals surface area contributed by atoms with Gasteiger partial charge in [0.1, 0.15) is 12.4 Å². The first-order valence-electron chi connectivity index (χ1n) is 9.61. The number of anilines is 1. The van der Waals surface area contributed by atoms with Crippen LogP contribution >= 0.6 is 11.6 Å². The molecule has 2 N–H and O–H groups in total. The van der Waals surface area contributed by atoms with Crippen molar-refractivity contribution < 1.29 is 14.3 Å². The summed E-state index contributed by atoms with van der Waals surface area (Å²) < 4.78 is 5.85. The van der Waals surface area contributed by atoms with Crippen molar-refractivity contribution in [2.24, 2.45) is 5.10 Å². The van der Waals surface area contributed by atoms with Gasteiger partial charge in [-0.1, -0.05) is 48.0 Å². The molecule has 3 aromatic rings. The molecule has 2 amide bonds. The second-order valence-electron chi connectivity index (χ2n) is 6.85. The number of nitrogens with one attached hydrogen (secondary N) is 2. The number of para-hydroxylation sites is 1. The van der Waals surface area contributed by atoms with E-state index in [-0.39, 0.29) is 0 Å². The first-order chi connectivity index (χ1) is 14.9. The Morgan fingerprint density at radius 2 is 1.71 bits per heavy atom. The summed E-state index contributed by atoms with van der Waals surface area (Å²) in [5, 5.41) is 7.14. The second-order valence-corrected chi connectivity index (χ2v) is 7.29. The van der Waals surface area contributed by atoms with Gasteiger partial charge in [-0.05, 0) is 60.9 Å². The topological polar surface area (TPSA) is 79.8 Å². The predicted molar refractivity (Wildman–Crippen MR) is 123 cm³/mol. The average molecular weight is 436 g/mol. The highest BCUT2D eigenvalue weighted by molar-refractivity contribution is 6.39. The van der Waals surface area contributed by atoms with Gasteiger partial charge in [0.05, 0.1) is 6.21 Å². The quantitative estimate of drug-likeness (QED) is 0.336. The van der Waals surface area contributed by atoms with Gasteiger partial charge in [-0.15, -0.1) is 0 Å². The highest BCUT2D eigenvalue weighted by atomic mass is 35.5. The summed E-state index contributed by atoms with van der Waals surface area (Å²) >= 11 is 5.90. The summed E-state index contributed by atoms with van der Waals surface area (Å²) in [6.07, 6.45) is 1.43. The lowest BCUT2D eigenvalue weighted by atomic mass is 10.1. The Morgan fingerprint density at radius 1 is 0.968 bits per heavy atom. The third-order valence-electron chi connectivity index (χ3n) is 4.66. The number of rotatable bonds is 6. The van der Waals surface area contributed by atoms with Gasteiger partial charge in [-0.3, -0.25) is 9.59 Å². The van der Waals surface area contributed by atoms with E-state index in [9.17, 15) is 9.59 Å².